The van der Waals surface area contributed by atoms with Gasteiger partial charge >= 0.3 is 18.5 Å². The van der Waals surface area contributed by atoms with Gasteiger partial charge in [0.2, 0.25) is 5.91 Å². The molecule has 0 saturated carbocycles. The lowest BCUT2D eigenvalue weighted by molar-refractivity contribution is -0.154. The van der Waals surface area contributed by atoms with Crippen LogP contribution < -0.4 is 10.6 Å². The summed E-state index contributed by atoms with van der Waals surface area (Å²) in [6, 6.07) is 4.76. The van der Waals surface area contributed by atoms with Crippen molar-refractivity contribution < 1.29 is 53.5 Å². The fourth-order valence-corrected chi connectivity index (χ4v) is 4.62. The number of alkyl halides is 9. The molecule has 0 fully saturated rings. The number of nitrogens with one attached hydrogen (secondary N) is 2. The maximum Gasteiger partial charge on any atom is 0.417 e. The molecule has 2 aromatic carbocycles. The Morgan fingerprint density at radius 3 is 1.95 bits per heavy atom. The largest absolute Gasteiger partial charge is 0.417 e. The van der Waals surface area contributed by atoms with E-state index in [9.17, 15) is 53.5 Å². The van der Waals surface area contributed by atoms with Crippen LogP contribution in [0.3, 0.4) is 0 Å². The number of hydrogen-bond donors (Lipinski definition) is 2. The smallest absolute Gasteiger partial charge is 0.336 e. The number of benzene rings is 2. The summed E-state index contributed by atoms with van der Waals surface area (Å²) < 4.78 is 134. The Kier molecular flexibility index (Phi) is 10.3. The number of hydrogen-bond acceptors (Lipinski definition) is 2. The van der Waals surface area contributed by atoms with Gasteiger partial charge in [-0.05, 0) is 48.9 Å². The molecule has 0 aliphatic carbocycles. The van der Waals surface area contributed by atoms with Crippen molar-refractivity contribution in [2.45, 2.75) is 44.0 Å². The van der Waals surface area contributed by atoms with Gasteiger partial charge in [0.1, 0.15) is 18.2 Å². The van der Waals surface area contributed by atoms with Crippen LogP contribution in [0, 0.1) is 0 Å². The zero-order valence-corrected chi connectivity index (χ0v) is 22.4. The summed E-state index contributed by atoms with van der Waals surface area (Å²) in [5, 5.41) is 3.58. The van der Waals surface area contributed by atoms with Crippen LogP contribution in [-0.2, 0) is 11.0 Å². The predicted octanol–water partition coefficient (Wildman–Crippen LogP) is 8.03. The normalized spacial score (nSPS) is 14.5. The van der Waals surface area contributed by atoms with Crippen LogP contribution in [0.15, 0.2) is 51.4 Å². The van der Waals surface area contributed by atoms with Crippen LogP contribution in [0.5, 0.6) is 0 Å². The first-order chi connectivity index (χ1) is 17.7. The second kappa shape index (κ2) is 12.3. The average Bonchev–Trinajstić information content (AvgIpc) is 2.73. The van der Waals surface area contributed by atoms with Crippen molar-refractivity contribution >= 4 is 49.5 Å². The van der Waals surface area contributed by atoms with Gasteiger partial charge in [-0.1, -0.05) is 37.9 Å². The number of rotatable bonds is 7. The van der Waals surface area contributed by atoms with Gasteiger partial charge < -0.3 is 10.6 Å². The van der Waals surface area contributed by atoms with E-state index in [0.29, 0.717) is 12.1 Å². The molecule has 2 aromatic rings. The molecule has 4 nitrogen and oxygen atoms in total. The van der Waals surface area contributed by atoms with Gasteiger partial charge in [-0.3, -0.25) is 9.59 Å². The van der Waals surface area contributed by atoms with E-state index in [1.54, 1.807) is 5.32 Å². The summed E-state index contributed by atoms with van der Waals surface area (Å²) in [6.07, 6.45) is -18.6. The highest BCUT2D eigenvalue weighted by Gasteiger charge is 2.41. The van der Waals surface area contributed by atoms with Gasteiger partial charge in [0, 0.05) is 14.5 Å². The highest BCUT2D eigenvalue weighted by molar-refractivity contribution is 9.11. The molecule has 0 aliphatic heterocycles. The summed E-state index contributed by atoms with van der Waals surface area (Å²) >= 11 is 6.01. The quantitative estimate of drug-likeness (QED) is 0.227. The van der Waals surface area contributed by atoms with Crippen LogP contribution in [0.25, 0.3) is 5.83 Å². The monoisotopic (exact) mass is 700 g/mol. The Morgan fingerprint density at radius 1 is 0.897 bits per heavy atom. The van der Waals surface area contributed by atoms with E-state index in [4.69, 9.17) is 0 Å². The Morgan fingerprint density at radius 2 is 1.46 bits per heavy atom. The van der Waals surface area contributed by atoms with Crippen LogP contribution in [0.4, 0.5) is 43.9 Å². The fraction of sp³-hybridized carbons (Fsp3) is 0.304. The molecule has 0 bridgehead atoms. The Hall–Kier alpha value is -2.62. The second-order valence-corrected chi connectivity index (χ2v) is 9.88. The van der Waals surface area contributed by atoms with Crippen molar-refractivity contribution in [2.24, 2.45) is 0 Å². The summed E-state index contributed by atoms with van der Waals surface area (Å²) in [5.74, 6) is -7.28. The lowest BCUT2D eigenvalue weighted by atomic mass is 9.95. The van der Waals surface area contributed by atoms with Gasteiger partial charge in [-0.2, -0.15) is 39.5 Å². The van der Waals surface area contributed by atoms with E-state index in [1.165, 1.54) is 6.07 Å². The van der Waals surface area contributed by atoms with Crippen molar-refractivity contribution in [3.8, 4) is 0 Å². The van der Waals surface area contributed by atoms with Crippen LogP contribution in [0.1, 0.15) is 46.3 Å². The molecule has 0 radical (unpaired) electrons. The maximum absolute atomic E-state index is 14.9. The number of amides is 2. The van der Waals surface area contributed by atoms with E-state index in [0.717, 1.165) is 19.1 Å². The molecule has 0 spiro atoms. The molecule has 2 N–H and O–H groups in total. The number of carbonyl (C=O) groups is 2. The first-order valence-corrected chi connectivity index (χ1v) is 12.0. The van der Waals surface area contributed by atoms with E-state index in [2.05, 4.69) is 31.9 Å². The molecule has 2 amide bonds. The SMILES string of the molecule is CC(NC(=O)CC(F)(F)F)NC(=O)c1ccc(/C(F)=C/C(c2cc(Br)cc(Br)c2)C(F)(F)F)cc1C(F)(F)F. The summed E-state index contributed by atoms with van der Waals surface area (Å²) in [5.41, 5.74) is -4.19. The highest BCUT2D eigenvalue weighted by Crippen LogP contribution is 2.41. The number of halogens is 12. The zero-order valence-electron chi connectivity index (χ0n) is 19.3. The Bertz CT molecular complexity index is 1240. The van der Waals surface area contributed by atoms with Crippen molar-refractivity contribution in [3.05, 3.63) is 73.7 Å². The summed E-state index contributed by atoms with van der Waals surface area (Å²) in [6.45, 7) is 0.980. The minimum absolute atomic E-state index is 0.0850. The average molecular weight is 702 g/mol. The van der Waals surface area contributed by atoms with Gasteiger partial charge in [-0.15, -0.1) is 0 Å². The van der Waals surface area contributed by atoms with Crippen molar-refractivity contribution in [1.29, 1.82) is 0 Å². The molecular weight excluding hydrogens is 686 g/mol. The summed E-state index contributed by atoms with van der Waals surface area (Å²) in [4.78, 5) is 23.7. The second-order valence-electron chi connectivity index (χ2n) is 8.05. The van der Waals surface area contributed by atoms with E-state index >= 15 is 0 Å². The van der Waals surface area contributed by atoms with Gasteiger partial charge in [0.05, 0.1) is 17.3 Å². The van der Waals surface area contributed by atoms with E-state index in [1.807, 2.05) is 5.32 Å². The lowest BCUT2D eigenvalue weighted by Crippen LogP contribution is -2.47. The topological polar surface area (TPSA) is 58.2 Å². The van der Waals surface area contributed by atoms with Crippen LogP contribution >= 0.6 is 31.9 Å². The molecule has 39 heavy (non-hydrogen) atoms. The van der Waals surface area contributed by atoms with Crippen molar-refractivity contribution in [3.63, 3.8) is 0 Å². The molecule has 0 heterocycles. The molecule has 214 valence electrons. The van der Waals surface area contributed by atoms with Crippen LogP contribution in [0.2, 0.25) is 0 Å². The molecule has 0 saturated heterocycles. The predicted molar refractivity (Wildman–Crippen MR) is 127 cm³/mol. The first kappa shape index (κ1) is 32.6. The number of carbonyl (C=O) groups excluding carboxylic acids is 2. The van der Waals surface area contributed by atoms with E-state index < -0.39 is 76.9 Å². The summed E-state index contributed by atoms with van der Waals surface area (Å²) in [7, 11) is 0. The van der Waals surface area contributed by atoms with Gasteiger partial charge in [0.25, 0.3) is 5.91 Å². The molecule has 2 unspecified atom stereocenters. The zero-order chi connectivity index (χ0) is 29.9. The molecule has 2 rings (SSSR count). The van der Waals surface area contributed by atoms with Gasteiger partial charge in [-0.25, -0.2) is 4.39 Å². The molecule has 0 aliphatic rings. The maximum atomic E-state index is 14.9. The highest BCUT2D eigenvalue weighted by atomic mass is 79.9. The third kappa shape index (κ3) is 9.81. The van der Waals surface area contributed by atoms with Crippen molar-refractivity contribution in [1.82, 2.24) is 10.6 Å². The molecule has 2 atom stereocenters. The Labute approximate surface area is 231 Å². The molecule has 0 aromatic heterocycles. The third-order valence-electron chi connectivity index (χ3n) is 4.84. The lowest BCUT2D eigenvalue weighted by Gasteiger charge is -2.20. The first-order valence-electron chi connectivity index (χ1n) is 10.5. The minimum atomic E-state index is -5.29. The third-order valence-corrected chi connectivity index (χ3v) is 5.76. The molecular formula is C23H16Br2F10N2O2. The fourth-order valence-electron chi connectivity index (χ4n) is 3.29. The van der Waals surface area contributed by atoms with Gasteiger partial charge in [0.15, 0.2) is 0 Å². The van der Waals surface area contributed by atoms with E-state index in [-0.39, 0.29) is 21.1 Å². The van der Waals surface area contributed by atoms with Crippen molar-refractivity contribution in [2.75, 3.05) is 0 Å². The molecule has 16 heteroatoms. The Balaban J connectivity index is 2.41. The van der Waals surface area contributed by atoms with Crippen LogP contribution in [-0.4, -0.2) is 30.3 Å². The minimum Gasteiger partial charge on any atom is -0.336 e. The standard InChI is InChI=1S/C23H16Br2F10N2O2/c1-10(36-19(38)9-21(27,28)29)37-20(39)15-3-2-11(6-17(15)23(33,34)35)18(26)8-16(22(30,31)32)12-4-13(24)7-14(25)5-12/h2-8,10,16H,9H2,1H3,(H,36,38)(H,37,39)/b18-8-. The number of allylic oxidation sites excluding steroid dienone is 1.